The summed E-state index contributed by atoms with van der Waals surface area (Å²) in [6.45, 7) is 9.07. The molecule has 0 atom stereocenters. The third-order valence-corrected chi connectivity index (χ3v) is 7.40. The Morgan fingerprint density at radius 1 is 0.969 bits per heavy atom. The van der Waals surface area contributed by atoms with Gasteiger partial charge >= 0.3 is 0 Å². The van der Waals surface area contributed by atoms with Crippen molar-refractivity contribution < 1.29 is 17.9 Å². The Hall–Kier alpha value is -2.62. The molecule has 2 fully saturated rings. The molecule has 0 aliphatic carbocycles. The number of hydrogen-bond donors (Lipinski definition) is 2. The van der Waals surface area contributed by atoms with Gasteiger partial charge in [-0.2, -0.15) is 0 Å². The summed E-state index contributed by atoms with van der Waals surface area (Å²) in [5.41, 5.74) is 3.60. The number of ether oxygens (including phenoxy) is 1. The van der Waals surface area contributed by atoms with E-state index in [4.69, 9.17) is 4.74 Å². The molecule has 2 aliphatic rings. The number of sulfonamides is 1. The highest BCUT2D eigenvalue weighted by atomic mass is 32.2. The van der Waals surface area contributed by atoms with Crippen molar-refractivity contribution in [1.29, 1.82) is 0 Å². The minimum atomic E-state index is -3.82. The maximum atomic E-state index is 13.2. The molecule has 2 saturated heterocycles. The number of nitrogens with one attached hydrogen (secondary N) is 2. The number of carbonyl (C=O) groups is 1. The van der Waals surface area contributed by atoms with Gasteiger partial charge < -0.3 is 19.9 Å². The predicted octanol–water partition coefficient (Wildman–Crippen LogP) is 1.99. The third kappa shape index (κ3) is 4.90. The van der Waals surface area contributed by atoms with Gasteiger partial charge in [-0.15, -0.1) is 0 Å². The van der Waals surface area contributed by atoms with Gasteiger partial charge in [0, 0.05) is 44.8 Å². The molecule has 0 aromatic heterocycles. The van der Waals surface area contributed by atoms with E-state index in [0.717, 1.165) is 43.0 Å². The van der Waals surface area contributed by atoms with Crippen molar-refractivity contribution in [2.45, 2.75) is 18.7 Å². The van der Waals surface area contributed by atoms with Crippen LogP contribution in [0.5, 0.6) is 0 Å². The minimum absolute atomic E-state index is 0.119. The second-order valence-corrected chi connectivity index (χ2v) is 9.91. The van der Waals surface area contributed by atoms with Gasteiger partial charge in [-0.05, 0) is 55.3 Å². The molecule has 0 radical (unpaired) electrons. The molecule has 32 heavy (non-hydrogen) atoms. The first-order valence-corrected chi connectivity index (χ1v) is 12.4. The molecule has 172 valence electrons. The molecule has 8 nitrogen and oxygen atoms in total. The van der Waals surface area contributed by atoms with Crippen molar-refractivity contribution in [3.8, 4) is 0 Å². The summed E-state index contributed by atoms with van der Waals surface area (Å²) in [7, 11) is -3.82. The van der Waals surface area contributed by atoms with Gasteiger partial charge in [0.25, 0.3) is 15.9 Å². The van der Waals surface area contributed by atoms with E-state index >= 15 is 0 Å². The van der Waals surface area contributed by atoms with E-state index in [9.17, 15) is 13.2 Å². The lowest BCUT2D eigenvalue weighted by atomic mass is 10.1. The van der Waals surface area contributed by atoms with Crippen LogP contribution in [-0.2, 0) is 14.8 Å². The van der Waals surface area contributed by atoms with Crippen LogP contribution in [0.25, 0.3) is 0 Å². The number of piperazine rings is 1. The first-order valence-electron chi connectivity index (χ1n) is 10.9. The summed E-state index contributed by atoms with van der Waals surface area (Å²) in [4.78, 5) is 17.1. The second kappa shape index (κ2) is 9.48. The van der Waals surface area contributed by atoms with E-state index in [-0.39, 0.29) is 10.8 Å². The average molecular weight is 459 g/mol. The molecule has 1 amide bonds. The van der Waals surface area contributed by atoms with Gasteiger partial charge in [-0.25, -0.2) is 8.42 Å². The van der Waals surface area contributed by atoms with Crippen molar-refractivity contribution >= 4 is 27.3 Å². The summed E-state index contributed by atoms with van der Waals surface area (Å²) >= 11 is 0. The van der Waals surface area contributed by atoms with Crippen molar-refractivity contribution in [3.05, 3.63) is 53.1 Å². The first kappa shape index (κ1) is 22.6. The largest absolute Gasteiger partial charge is 0.378 e. The number of carbonyl (C=O) groups excluding carboxylic acids is 1. The fraction of sp³-hybridized carbons (Fsp3) is 0.435. The van der Waals surface area contributed by atoms with Crippen LogP contribution in [0.2, 0.25) is 0 Å². The Morgan fingerprint density at radius 3 is 2.38 bits per heavy atom. The Kier molecular flexibility index (Phi) is 6.68. The molecule has 0 spiro atoms. The van der Waals surface area contributed by atoms with E-state index in [1.807, 2.05) is 19.9 Å². The minimum Gasteiger partial charge on any atom is -0.378 e. The van der Waals surface area contributed by atoms with E-state index in [0.29, 0.717) is 37.6 Å². The molecule has 0 saturated carbocycles. The maximum absolute atomic E-state index is 13.2. The zero-order valence-electron chi connectivity index (χ0n) is 18.6. The smallest absolute Gasteiger partial charge is 0.261 e. The fourth-order valence-electron chi connectivity index (χ4n) is 3.97. The predicted molar refractivity (Wildman–Crippen MR) is 125 cm³/mol. The lowest BCUT2D eigenvalue weighted by Crippen LogP contribution is -2.44. The lowest BCUT2D eigenvalue weighted by Gasteiger charge is -2.32. The number of aryl methyl sites for hydroxylation is 2. The Balaban J connectivity index is 1.69. The molecule has 2 N–H and O–H groups in total. The van der Waals surface area contributed by atoms with Gasteiger partial charge in [0.2, 0.25) is 0 Å². The summed E-state index contributed by atoms with van der Waals surface area (Å²) < 4.78 is 34.6. The van der Waals surface area contributed by atoms with Crippen LogP contribution < -0.4 is 14.9 Å². The number of nitrogens with zero attached hydrogens (tertiary/aromatic N) is 2. The SMILES string of the molecule is Cc1ccc(S(=O)(=O)Nc2cc(C(=O)N3CCOCC3)ccc2N2CCNCC2)cc1C. The Morgan fingerprint density at radius 2 is 1.69 bits per heavy atom. The Bertz CT molecular complexity index is 1090. The normalized spacial score (nSPS) is 17.3. The molecule has 2 heterocycles. The van der Waals surface area contributed by atoms with E-state index in [1.54, 1.807) is 35.2 Å². The van der Waals surface area contributed by atoms with Crippen LogP contribution >= 0.6 is 0 Å². The zero-order valence-corrected chi connectivity index (χ0v) is 19.4. The number of anilines is 2. The molecule has 2 aromatic rings. The summed E-state index contributed by atoms with van der Waals surface area (Å²) in [5, 5.41) is 3.31. The summed E-state index contributed by atoms with van der Waals surface area (Å²) in [6, 6.07) is 10.4. The van der Waals surface area contributed by atoms with Crippen molar-refractivity contribution in [2.75, 3.05) is 62.1 Å². The quantitative estimate of drug-likeness (QED) is 0.712. The monoisotopic (exact) mass is 458 g/mol. The van der Waals surface area contributed by atoms with Crippen molar-refractivity contribution in [2.24, 2.45) is 0 Å². The number of hydrogen-bond acceptors (Lipinski definition) is 6. The Labute approximate surface area is 189 Å². The van der Waals surface area contributed by atoms with Crippen LogP contribution in [0.4, 0.5) is 11.4 Å². The van der Waals surface area contributed by atoms with Crippen LogP contribution in [0.3, 0.4) is 0 Å². The zero-order chi connectivity index (χ0) is 22.7. The standard InChI is InChI=1S/C23H30N4O4S/c1-17-3-5-20(15-18(17)2)32(29,30)25-21-16-19(23(28)27-11-13-31-14-12-27)4-6-22(21)26-9-7-24-8-10-26/h3-6,15-16,24-25H,7-14H2,1-2H3. The number of rotatable bonds is 5. The molecule has 0 unspecified atom stereocenters. The highest BCUT2D eigenvalue weighted by Gasteiger charge is 2.24. The molecule has 0 bridgehead atoms. The van der Waals surface area contributed by atoms with Crippen LogP contribution in [-0.4, -0.2) is 71.7 Å². The van der Waals surface area contributed by atoms with Crippen molar-refractivity contribution in [3.63, 3.8) is 0 Å². The number of benzene rings is 2. The van der Waals surface area contributed by atoms with Gasteiger partial charge in [0.05, 0.1) is 29.5 Å². The molecule has 4 rings (SSSR count). The number of morpholine rings is 1. The first-order chi connectivity index (χ1) is 15.3. The molecule has 9 heteroatoms. The van der Waals surface area contributed by atoms with E-state index in [2.05, 4.69) is 14.9 Å². The summed E-state index contributed by atoms with van der Waals surface area (Å²) in [5.74, 6) is -0.119. The molecule has 2 aromatic carbocycles. The van der Waals surface area contributed by atoms with Crippen molar-refractivity contribution in [1.82, 2.24) is 10.2 Å². The van der Waals surface area contributed by atoms with Crippen LogP contribution in [0.1, 0.15) is 21.5 Å². The van der Waals surface area contributed by atoms with Crippen LogP contribution in [0, 0.1) is 13.8 Å². The molecular weight excluding hydrogens is 428 g/mol. The topological polar surface area (TPSA) is 91.0 Å². The highest BCUT2D eigenvalue weighted by molar-refractivity contribution is 7.92. The maximum Gasteiger partial charge on any atom is 0.261 e. The van der Waals surface area contributed by atoms with Gasteiger partial charge in [0.15, 0.2) is 0 Å². The fourth-order valence-corrected chi connectivity index (χ4v) is 5.12. The second-order valence-electron chi connectivity index (χ2n) is 8.23. The highest BCUT2D eigenvalue weighted by Crippen LogP contribution is 2.31. The van der Waals surface area contributed by atoms with Gasteiger partial charge in [0.1, 0.15) is 0 Å². The van der Waals surface area contributed by atoms with E-state index in [1.165, 1.54) is 0 Å². The molecule has 2 aliphatic heterocycles. The lowest BCUT2D eigenvalue weighted by molar-refractivity contribution is 0.0303. The number of amides is 1. The third-order valence-electron chi connectivity index (χ3n) is 6.03. The summed E-state index contributed by atoms with van der Waals surface area (Å²) in [6.07, 6.45) is 0. The van der Waals surface area contributed by atoms with Gasteiger partial charge in [-0.3, -0.25) is 9.52 Å². The van der Waals surface area contributed by atoms with Gasteiger partial charge in [-0.1, -0.05) is 6.07 Å². The average Bonchev–Trinajstić information content (AvgIpc) is 2.81. The molecular formula is C23H30N4O4S. The van der Waals surface area contributed by atoms with E-state index < -0.39 is 10.0 Å². The van der Waals surface area contributed by atoms with Crippen LogP contribution in [0.15, 0.2) is 41.3 Å².